The number of hydrogen-bond donors (Lipinski definition) is 3. The number of benzene rings is 2. The van der Waals surface area contributed by atoms with Gasteiger partial charge in [0.05, 0.1) is 52.4 Å². The molecule has 0 atom stereocenters. The Bertz CT molecular complexity index is 1750. The molecule has 4 aromatic rings. The number of nitrogens with one attached hydrogen (secondary N) is 1. The molecule has 2 heterocycles. The molecule has 0 unspecified atom stereocenters. The fourth-order valence-corrected chi connectivity index (χ4v) is 6.11. The third-order valence-electron chi connectivity index (χ3n) is 8.21. The number of aromatic nitrogens is 2. The highest BCUT2D eigenvalue weighted by atomic mass is 16.5. The molecule has 43 heavy (non-hydrogen) atoms. The molecular formula is C33H33N5O5. The van der Waals surface area contributed by atoms with Gasteiger partial charge in [0.15, 0.2) is 0 Å². The van der Waals surface area contributed by atoms with E-state index < -0.39 is 11.5 Å². The molecule has 0 bridgehead atoms. The summed E-state index contributed by atoms with van der Waals surface area (Å²) in [6, 6.07) is 18.3. The summed E-state index contributed by atoms with van der Waals surface area (Å²) in [6.07, 6.45) is 6.56. The van der Waals surface area contributed by atoms with Crippen LogP contribution < -0.4 is 20.5 Å². The molecule has 0 saturated heterocycles. The number of primary amides is 1. The fourth-order valence-electron chi connectivity index (χ4n) is 6.11. The first-order valence-electron chi connectivity index (χ1n) is 14.3. The fraction of sp³-hybridized carbons (Fsp3) is 0.333. The lowest BCUT2D eigenvalue weighted by Crippen LogP contribution is -2.58. The van der Waals surface area contributed by atoms with Crippen molar-refractivity contribution in [1.82, 2.24) is 14.9 Å². The van der Waals surface area contributed by atoms with Gasteiger partial charge in [0.1, 0.15) is 18.1 Å². The summed E-state index contributed by atoms with van der Waals surface area (Å²) in [5.74, 6) is 0.266. The smallest absolute Gasteiger partial charge is 0.255 e. The Morgan fingerprint density at radius 3 is 2.60 bits per heavy atom. The summed E-state index contributed by atoms with van der Waals surface area (Å²) in [5.41, 5.74) is 8.51. The van der Waals surface area contributed by atoms with Gasteiger partial charge in [-0.3, -0.25) is 9.59 Å². The topological polar surface area (TPSA) is 152 Å². The molecule has 2 aromatic carbocycles. The molecule has 2 aliphatic carbocycles. The van der Waals surface area contributed by atoms with Crippen molar-refractivity contribution in [3.8, 4) is 28.7 Å². The number of fused-ring (bicyclic) bond motifs is 1. The van der Waals surface area contributed by atoms with Crippen molar-refractivity contribution in [3.05, 3.63) is 83.7 Å². The second-order valence-electron chi connectivity index (χ2n) is 12.3. The van der Waals surface area contributed by atoms with E-state index in [0.29, 0.717) is 33.7 Å². The third-order valence-corrected chi connectivity index (χ3v) is 8.21. The van der Waals surface area contributed by atoms with Crippen LogP contribution in [0.4, 0.5) is 0 Å². The van der Waals surface area contributed by atoms with Crippen LogP contribution in [0.25, 0.3) is 16.6 Å². The predicted molar refractivity (Wildman–Crippen MR) is 159 cm³/mol. The number of carbonyl (C=O) groups excluding carboxylic acids is 2. The first-order valence-corrected chi connectivity index (χ1v) is 14.3. The number of nitriles is 1. The number of hydrogen-bond acceptors (Lipinski definition) is 7. The van der Waals surface area contributed by atoms with Crippen LogP contribution in [0.3, 0.4) is 0 Å². The van der Waals surface area contributed by atoms with E-state index in [0.717, 1.165) is 36.8 Å². The average Bonchev–Trinajstić information content (AvgIpc) is 3.36. The molecule has 2 aliphatic rings. The summed E-state index contributed by atoms with van der Waals surface area (Å²) in [4.78, 5) is 25.2. The van der Waals surface area contributed by atoms with Gasteiger partial charge in [-0.1, -0.05) is 18.2 Å². The Balaban J connectivity index is 1.04. The highest BCUT2D eigenvalue weighted by Crippen LogP contribution is 2.57. The first-order chi connectivity index (χ1) is 20.5. The maximum absolute atomic E-state index is 13.1. The van der Waals surface area contributed by atoms with Gasteiger partial charge in [-0.25, -0.2) is 4.52 Å². The summed E-state index contributed by atoms with van der Waals surface area (Å²) in [6.45, 7) is 3.47. The van der Waals surface area contributed by atoms with Crippen LogP contribution in [-0.2, 0) is 0 Å². The Morgan fingerprint density at radius 1 is 1.12 bits per heavy atom. The first kappa shape index (κ1) is 28.2. The zero-order chi connectivity index (χ0) is 30.4. The number of carbonyl (C=O) groups is 2. The molecule has 220 valence electrons. The summed E-state index contributed by atoms with van der Waals surface area (Å²) in [7, 11) is 0. The number of amides is 2. The van der Waals surface area contributed by atoms with Crippen LogP contribution in [0, 0.1) is 16.7 Å². The van der Waals surface area contributed by atoms with Crippen molar-refractivity contribution in [2.75, 3.05) is 6.61 Å². The van der Waals surface area contributed by atoms with Gasteiger partial charge in [0, 0.05) is 6.04 Å². The molecule has 2 fully saturated rings. The minimum Gasteiger partial charge on any atom is -0.490 e. The Kier molecular flexibility index (Phi) is 7.06. The van der Waals surface area contributed by atoms with Crippen LogP contribution in [-0.4, -0.2) is 50.9 Å². The molecule has 2 saturated carbocycles. The zero-order valence-corrected chi connectivity index (χ0v) is 24.0. The quantitative estimate of drug-likeness (QED) is 0.268. The average molecular weight is 580 g/mol. The molecular weight excluding hydrogens is 546 g/mol. The molecule has 10 heteroatoms. The van der Waals surface area contributed by atoms with E-state index in [1.165, 1.54) is 0 Å². The van der Waals surface area contributed by atoms with Gasteiger partial charge in [0.2, 0.25) is 0 Å². The summed E-state index contributed by atoms with van der Waals surface area (Å²) in [5, 5.41) is 26.6. The van der Waals surface area contributed by atoms with Gasteiger partial charge in [-0.15, -0.1) is 0 Å². The molecule has 10 nitrogen and oxygen atoms in total. The lowest BCUT2D eigenvalue weighted by molar-refractivity contribution is -0.0834. The van der Waals surface area contributed by atoms with Crippen molar-refractivity contribution < 1.29 is 24.2 Å². The second-order valence-corrected chi connectivity index (χ2v) is 12.3. The lowest BCUT2D eigenvalue weighted by atomic mass is 9.53. The Morgan fingerprint density at radius 2 is 1.88 bits per heavy atom. The molecule has 6 rings (SSSR count). The number of ether oxygens (including phenoxy) is 2. The van der Waals surface area contributed by atoms with E-state index >= 15 is 0 Å². The third kappa shape index (κ3) is 5.90. The van der Waals surface area contributed by atoms with Crippen LogP contribution in [0.2, 0.25) is 0 Å². The SMILES string of the molecule is CC(C)(O)COc1ccc2c(C(=O)NC3CC4(C3)CC(Oc3cc(-c5cccc(C#N)c5)ccc3C(N)=O)C4)cnn2c1. The molecule has 1 spiro atoms. The van der Waals surface area contributed by atoms with E-state index in [2.05, 4.69) is 16.5 Å². The van der Waals surface area contributed by atoms with E-state index in [4.69, 9.17) is 15.2 Å². The van der Waals surface area contributed by atoms with Gasteiger partial charge in [0.25, 0.3) is 11.8 Å². The number of rotatable bonds is 9. The highest BCUT2D eigenvalue weighted by molar-refractivity contribution is 6.01. The number of aliphatic hydroxyl groups is 1. The van der Waals surface area contributed by atoms with Crippen LogP contribution in [0.15, 0.2) is 67.0 Å². The maximum atomic E-state index is 13.1. The minimum absolute atomic E-state index is 0.0529. The van der Waals surface area contributed by atoms with Crippen LogP contribution in [0.5, 0.6) is 11.5 Å². The van der Waals surface area contributed by atoms with Gasteiger partial charge < -0.3 is 25.6 Å². The standard InChI is InChI=1S/C33H33N5O5/c1-32(2,41)19-42-24-7-9-28-27(17-36-38(28)18-24)31(40)37-23-12-33(13-23)14-25(15-33)43-29-11-22(6-8-26(29)30(35)39)21-5-3-4-20(10-21)16-34/h3-11,17-18,23,25,41H,12-15,19H2,1-2H3,(H2,35,39)(H,37,40). The number of nitrogens with two attached hydrogens (primary N) is 1. The van der Waals surface area contributed by atoms with Crippen molar-refractivity contribution in [1.29, 1.82) is 5.26 Å². The highest BCUT2D eigenvalue weighted by Gasteiger charge is 2.54. The van der Waals surface area contributed by atoms with Crippen molar-refractivity contribution in [3.63, 3.8) is 0 Å². The minimum atomic E-state index is -0.958. The van der Waals surface area contributed by atoms with Gasteiger partial charge in [-0.05, 0) is 92.5 Å². The van der Waals surface area contributed by atoms with E-state index in [1.807, 2.05) is 18.2 Å². The Labute approximate surface area is 249 Å². The monoisotopic (exact) mass is 579 g/mol. The van der Waals surface area contributed by atoms with Crippen LogP contribution >= 0.6 is 0 Å². The van der Waals surface area contributed by atoms with Crippen LogP contribution in [0.1, 0.15) is 65.8 Å². The van der Waals surface area contributed by atoms with Gasteiger partial charge in [-0.2, -0.15) is 10.4 Å². The molecule has 0 aliphatic heterocycles. The molecule has 4 N–H and O–H groups in total. The number of nitrogens with zero attached hydrogens (tertiary/aromatic N) is 3. The normalized spacial score (nSPS) is 21.0. The summed E-state index contributed by atoms with van der Waals surface area (Å²) < 4.78 is 13.5. The number of pyridine rings is 1. The van der Waals surface area contributed by atoms with E-state index in [-0.39, 0.29) is 30.1 Å². The van der Waals surface area contributed by atoms with E-state index in [9.17, 15) is 20.0 Å². The second kappa shape index (κ2) is 10.7. The zero-order valence-electron chi connectivity index (χ0n) is 24.0. The predicted octanol–water partition coefficient (Wildman–Crippen LogP) is 4.24. The van der Waals surface area contributed by atoms with Crippen molar-refractivity contribution in [2.24, 2.45) is 11.1 Å². The molecule has 2 aromatic heterocycles. The maximum Gasteiger partial charge on any atom is 0.255 e. The van der Waals surface area contributed by atoms with Crippen molar-refractivity contribution >= 4 is 17.3 Å². The molecule has 0 radical (unpaired) electrons. The Hall–Kier alpha value is -4.88. The van der Waals surface area contributed by atoms with Gasteiger partial charge >= 0.3 is 0 Å². The molecule has 2 amide bonds. The summed E-state index contributed by atoms with van der Waals surface area (Å²) >= 11 is 0. The lowest BCUT2D eigenvalue weighted by Gasteiger charge is -2.57. The van der Waals surface area contributed by atoms with E-state index in [1.54, 1.807) is 67.2 Å². The largest absolute Gasteiger partial charge is 0.490 e. The van der Waals surface area contributed by atoms with Crippen molar-refractivity contribution in [2.45, 2.75) is 57.3 Å².